The van der Waals surface area contributed by atoms with Gasteiger partial charge in [0.25, 0.3) is 0 Å². The summed E-state index contributed by atoms with van der Waals surface area (Å²) in [6.45, 7) is 1.68. The van der Waals surface area contributed by atoms with Gasteiger partial charge in [0.2, 0.25) is 0 Å². The van der Waals surface area contributed by atoms with Crippen LogP contribution in [0.15, 0.2) is 36.7 Å². The third-order valence-electron chi connectivity index (χ3n) is 2.95. The Hall–Kier alpha value is -1.77. The molecule has 0 saturated carbocycles. The third kappa shape index (κ3) is 1.69. The zero-order valence-electron chi connectivity index (χ0n) is 9.10. The van der Waals surface area contributed by atoms with Gasteiger partial charge >= 0.3 is 0 Å². The van der Waals surface area contributed by atoms with Crippen LogP contribution >= 0.6 is 0 Å². The highest BCUT2D eigenvalue weighted by Crippen LogP contribution is 2.27. The van der Waals surface area contributed by atoms with Crippen molar-refractivity contribution in [2.24, 2.45) is 0 Å². The molecule has 0 fully saturated rings. The summed E-state index contributed by atoms with van der Waals surface area (Å²) in [5, 5.41) is 4.24. The lowest BCUT2D eigenvalue weighted by Crippen LogP contribution is -2.12. The molecule has 0 atom stereocenters. The van der Waals surface area contributed by atoms with Crippen molar-refractivity contribution in [1.29, 1.82) is 0 Å². The minimum atomic E-state index is 0.833. The highest BCUT2D eigenvalue weighted by molar-refractivity contribution is 5.41. The van der Waals surface area contributed by atoms with Gasteiger partial charge in [0.05, 0.1) is 13.2 Å². The fraction of sp³-hybridized carbons (Fsp3) is 0.308. The summed E-state index contributed by atoms with van der Waals surface area (Å²) in [5.74, 6) is 1.05. The highest BCUT2D eigenvalue weighted by Gasteiger charge is 2.13. The van der Waals surface area contributed by atoms with Crippen LogP contribution in [0.5, 0.6) is 5.75 Å². The zero-order chi connectivity index (χ0) is 10.8. The first kappa shape index (κ1) is 9.46. The van der Waals surface area contributed by atoms with Crippen LogP contribution in [0.25, 0.3) is 0 Å². The van der Waals surface area contributed by atoms with Crippen LogP contribution in [0, 0.1) is 0 Å². The molecule has 3 rings (SSSR count). The second-order valence-electron chi connectivity index (χ2n) is 4.05. The molecular weight excluding hydrogens is 200 g/mol. The molecule has 16 heavy (non-hydrogen) atoms. The number of rotatable bonds is 2. The predicted octanol–water partition coefficient (Wildman–Crippen LogP) is 2.26. The van der Waals surface area contributed by atoms with Crippen molar-refractivity contribution in [3.05, 3.63) is 47.8 Å². The summed E-state index contributed by atoms with van der Waals surface area (Å²) in [6, 6.07) is 8.23. The van der Waals surface area contributed by atoms with Crippen LogP contribution in [0.3, 0.4) is 0 Å². The second-order valence-corrected chi connectivity index (χ2v) is 4.05. The molecule has 2 aromatic rings. The molecule has 1 aliphatic heterocycles. The zero-order valence-corrected chi connectivity index (χ0v) is 9.10. The van der Waals surface area contributed by atoms with Gasteiger partial charge in [-0.1, -0.05) is 12.1 Å². The van der Waals surface area contributed by atoms with Gasteiger partial charge in [0.1, 0.15) is 5.75 Å². The maximum Gasteiger partial charge on any atom is 0.122 e. The highest BCUT2D eigenvalue weighted by atomic mass is 16.5. The molecule has 0 aliphatic carbocycles. The summed E-state index contributed by atoms with van der Waals surface area (Å²) >= 11 is 0. The van der Waals surface area contributed by atoms with Crippen LogP contribution in [-0.4, -0.2) is 16.4 Å². The first-order valence-corrected chi connectivity index (χ1v) is 5.64. The molecule has 1 aliphatic rings. The van der Waals surface area contributed by atoms with E-state index in [0.29, 0.717) is 0 Å². The van der Waals surface area contributed by atoms with Crippen molar-refractivity contribution in [1.82, 2.24) is 9.78 Å². The van der Waals surface area contributed by atoms with E-state index in [2.05, 4.69) is 23.3 Å². The van der Waals surface area contributed by atoms with Crippen LogP contribution in [0.2, 0.25) is 0 Å². The molecule has 0 radical (unpaired) electrons. The molecule has 1 aromatic heterocycles. The number of ether oxygens (including phenoxy) is 1. The maximum absolute atomic E-state index is 5.65. The topological polar surface area (TPSA) is 27.1 Å². The number of hydrogen-bond acceptors (Lipinski definition) is 2. The Morgan fingerprint density at radius 1 is 1.31 bits per heavy atom. The number of benzene rings is 1. The minimum Gasteiger partial charge on any atom is -0.493 e. The Morgan fingerprint density at radius 2 is 2.31 bits per heavy atom. The average Bonchev–Trinajstić information content (AvgIpc) is 2.82. The van der Waals surface area contributed by atoms with E-state index in [0.717, 1.165) is 31.7 Å². The van der Waals surface area contributed by atoms with Crippen molar-refractivity contribution in [3.8, 4) is 5.75 Å². The standard InChI is InChI=1S/C13H14N2O/c1-4-11(10-15-8-3-7-14-15)12-5-2-9-16-13(12)6-1/h1,3-4,6-8H,2,5,9-10H2. The Labute approximate surface area is 94.7 Å². The quantitative estimate of drug-likeness (QED) is 0.766. The number of fused-ring (bicyclic) bond motifs is 1. The molecule has 82 valence electrons. The van der Waals surface area contributed by atoms with Crippen molar-refractivity contribution >= 4 is 0 Å². The van der Waals surface area contributed by atoms with Crippen molar-refractivity contribution < 1.29 is 4.74 Å². The molecule has 3 heteroatoms. The monoisotopic (exact) mass is 214 g/mol. The predicted molar refractivity (Wildman–Crippen MR) is 61.6 cm³/mol. The van der Waals surface area contributed by atoms with E-state index in [1.807, 2.05) is 23.1 Å². The van der Waals surface area contributed by atoms with Crippen LogP contribution in [0.1, 0.15) is 17.5 Å². The molecule has 2 heterocycles. The van der Waals surface area contributed by atoms with E-state index >= 15 is 0 Å². The van der Waals surface area contributed by atoms with E-state index in [4.69, 9.17) is 4.74 Å². The molecular formula is C13H14N2O. The van der Waals surface area contributed by atoms with Crippen molar-refractivity contribution in [2.45, 2.75) is 19.4 Å². The van der Waals surface area contributed by atoms with Crippen LogP contribution in [-0.2, 0) is 13.0 Å². The largest absolute Gasteiger partial charge is 0.493 e. The van der Waals surface area contributed by atoms with Gasteiger partial charge in [-0.15, -0.1) is 0 Å². The Kier molecular flexibility index (Phi) is 2.37. The Morgan fingerprint density at radius 3 is 3.19 bits per heavy atom. The molecule has 0 N–H and O–H groups in total. The SMILES string of the molecule is c1cc(Cn2cccn2)c2c(c1)OCCC2. The molecule has 0 amide bonds. The second kappa shape index (κ2) is 4.00. The molecule has 0 saturated heterocycles. The first-order valence-electron chi connectivity index (χ1n) is 5.64. The van der Waals surface area contributed by atoms with Gasteiger partial charge in [-0.3, -0.25) is 4.68 Å². The van der Waals surface area contributed by atoms with Gasteiger partial charge in [0, 0.05) is 12.4 Å². The lowest BCUT2D eigenvalue weighted by atomic mass is 10.00. The lowest BCUT2D eigenvalue weighted by molar-refractivity contribution is 0.287. The number of hydrogen-bond donors (Lipinski definition) is 0. The number of nitrogens with zero attached hydrogens (tertiary/aromatic N) is 2. The van der Waals surface area contributed by atoms with Gasteiger partial charge in [-0.05, 0) is 36.1 Å². The number of aromatic nitrogens is 2. The fourth-order valence-electron chi connectivity index (χ4n) is 2.18. The van der Waals surface area contributed by atoms with E-state index in [9.17, 15) is 0 Å². The van der Waals surface area contributed by atoms with Crippen molar-refractivity contribution in [2.75, 3.05) is 6.61 Å². The minimum absolute atomic E-state index is 0.833. The van der Waals surface area contributed by atoms with Crippen LogP contribution in [0.4, 0.5) is 0 Å². The van der Waals surface area contributed by atoms with Crippen LogP contribution < -0.4 is 4.74 Å². The summed E-state index contributed by atoms with van der Waals surface area (Å²) in [7, 11) is 0. The molecule has 0 spiro atoms. The van der Waals surface area contributed by atoms with Gasteiger partial charge < -0.3 is 4.74 Å². The molecule has 0 bridgehead atoms. The lowest BCUT2D eigenvalue weighted by Gasteiger charge is -2.20. The smallest absolute Gasteiger partial charge is 0.122 e. The van der Waals surface area contributed by atoms with E-state index in [-0.39, 0.29) is 0 Å². The molecule has 0 unspecified atom stereocenters. The van der Waals surface area contributed by atoms with E-state index in [1.165, 1.54) is 11.1 Å². The summed E-state index contributed by atoms with van der Waals surface area (Å²) < 4.78 is 7.60. The molecule has 1 aromatic carbocycles. The molecule has 3 nitrogen and oxygen atoms in total. The maximum atomic E-state index is 5.65. The summed E-state index contributed by atoms with van der Waals surface area (Å²) in [4.78, 5) is 0. The summed E-state index contributed by atoms with van der Waals surface area (Å²) in [5.41, 5.74) is 2.67. The van der Waals surface area contributed by atoms with Gasteiger partial charge in [0.15, 0.2) is 0 Å². The first-order chi connectivity index (χ1) is 7.93. The van der Waals surface area contributed by atoms with Crippen molar-refractivity contribution in [3.63, 3.8) is 0 Å². The fourth-order valence-corrected chi connectivity index (χ4v) is 2.18. The van der Waals surface area contributed by atoms with Gasteiger partial charge in [-0.2, -0.15) is 5.10 Å². The normalized spacial score (nSPS) is 14.2. The third-order valence-corrected chi connectivity index (χ3v) is 2.95. The summed E-state index contributed by atoms with van der Waals surface area (Å²) in [6.07, 6.45) is 6.03. The van der Waals surface area contributed by atoms with Gasteiger partial charge in [-0.25, -0.2) is 0 Å². The Balaban J connectivity index is 1.94. The van der Waals surface area contributed by atoms with E-state index in [1.54, 1.807) is 0 Å². The van der Waals surface area contributed by atoms with E-state index < -0.39 is 0 Å². The average molecular weight is 214 g/mol. The Bertz CT molecular complexity index is 477.